The number of hydrogen-bond donors (Lipinski definition) is 4. The van der Waals surface area contributed by atoms with Crippen molar-refractivity contribution < 1.29 is 18.7 Å². The van der Waals surface area contributed by atoms with Crippen molar-refractivity contribution in [2.45, 2.75) is 93.3 Å². The quantitative estimate of drug-likeness (QED) is 0.424. The Bertz CT molecular complexity index is 707. The first-order valence-electron chi connectivity index (χ1n) is 11.6. The predicted octanol–water partition coefficient (Wildman–Crippen LogP) is 0.902. The molecule has 4 aliphatic carbocycles. The third-order valence-electron chi connectivity index (χ3n) is 7.83. The second kappa shape index (κ2) is 8.41. The van der Waals surface area contributed by atoms with Crippen molar-refractivity contribution in [2.24, 2.45) is 5.41 Å². The number of carbonyl (C=O) groups is 2. The summed E-state index contributed by atoms with van der Waals surface area (Å²) in [5, 5.41) is 5.71. The summed E-state index contributed by atoms with van der Waals surface area (Å²) < 4.78 is 19.3. The third-order valence-corrected chi connectivity index (χ3v) is 8.32. The van der Waals surface area contributed by atoms with Crippen molar-refractivity contribution in [2.75, 3.05) is 19.7 Å². The lowest BCUT2D eigenvalue weighted by Gasteiger charge is -2.69. The van der Waals surface area contributed by atoms with E-state index in [4.69, 9.17) is 16.3 Å². The highest BCUT2D eigenvalue weighted by molar-refractivity contribution is 6.21. The zero-order chi connectivity index (χ0) is 21.6. The van der Waals surface area contributed by atoms with Crippen molar-refractivity contribution in [1.29, 1.82) is 0 Å². The molecular weight excluding hydrogens is 425 g/mol. The van der Waals surface area contributed by atoms with Gasteiger partial charge in [0, 0.05) is 25.0 Å². The molecule has 0 aromatic carbocycles. The first-order chi connectivity index (χ1) is 14.9. The van der Waals surface area contributed by atoms with Crippen LogP contribution in [0, 0.1) is 5.41 Å². The highest BCUT2D eigenvalue weighted by Gasteiger charge is 2.72. The van der Waals surface area contributed by atoms with Crippen LogP contribution in [0.2, 0.25) is 0 Å². The summed E-state index contributed by atoms with van der Waals surface area (Å²) >= 11 is 5.89. The number of hydrazine groups is 1. The molecule has 6 aliphatic rings. The average molecular weight is 458 g/mol. The van der Waals surface area contributed by atoms with Crippen LogP contribution in [-0.2, 0) is 14.3 Å². The average Bonchev–Trinajstić information content (AvgIpc) is 3.12. The van der Waals surface area contributed by atoms with Crippen LogP contribution in [0.5, 0.6) is 0 Å². The standard InChI is InChI=1S/C21H33ClFN5O3/c22-14-5-4-13(7-15(14)23)31-9-18(29)25-21-10-20(11-21,12-21)19(30)24-8-17-27-26-16-3-1-2-6-28(16)17/h13-17,26-27H,1-12H2,(H,24,30)(H,25,29). The van der Waals surface area contributed by atoms with E-state index in [-0.39, 0.29) is 48.1 Å². The molecule has 4 saturated carbocycles. The molecule has 8 nitrogen and oxygen atoms in total. The van der Waals surface area contributed by atoms with E-state index in [0.717, 1.165) is 13.0 Å². The highest BCUT2D eigenvalue weighted by atomic mass is 35.5. The first-order valence-corrected chi connectivity index (χ1v) is 12.1. The van der Waals surface area contributed by atoms with Gasteiger partial charge in [-0.15, -0.1) is 11.6 Å². The number of nitrogens with one attached hydrogen (secondary N) is 4. The summed E-state index contributed by atoms with van der Waals surface area (Å²) in [6, 6.07) is 0. The fourth-order valence-corrected chi connectivity index (χ4v) is 6.41. The second-order valence-corrected chi connectivity index (χ2v) is 10.7. The van der Waals surface area contributed by atoms with Gasteiger partial charge in [-0.3, -0.25) is 14.5 Å². The molecule has 2 aliphatic heterocycles. The number of rotatable bonds is 7. The topological polar surface area (TPSA) is 94.7 Å². The zero-order valence-corrected chi connectivity index (χ0v) is 18.6. The number of amides is 2. The van der Waals surface area contributed by atoms with Crippen molar-refractivity contribution in [1.82, 2.24) is 26.4 Å². The van der Waals surface area contributed by atoms with Gasteiger partial charge in [0.05, 0.1) is 29.2 Å². The van der Waals surface area contributed by atoms with Crippen molar-refractivity contribution in [3.8, 4) is 0 Å². The van der Waals surface area contributed by atoms with E-state index in [1.165, 1.54) is 12.8 Å². The van der Waals surface area contributed by atoms with E-state index in [1.807, 2.05) is 0 Å². The van der Waals surface area contributed by atoms with Crippen LogP contribution < -0.4 is 21.5 Å². The number of piperidine rings is 1. The number of alkyl halides is 2. The van der Waals surface area contributed by atoms with Gasteiger partial charge in [-0.2, -0.15) is 0 Å². The molecule has 2 bridgehead atoms. The molecule has 2 heterocycles. The molecule has 0 aromatic heterocycles. The fraction of sp³-hybridized carbons (Fsp3) is 0.905. The van der Waals surface area contributed by atoms with E-state index in [1.54, 1.807) is 0 Å². The molecule has 31 heavy (non-hydrogen) atoms. The molecule has 6 fully saturated rings. The van der Waals surface area contributed by atoms with Crippen LogP contribution in [0.1, 0.15) is 57.8 Å². The largest absolute Gasteiger partial charge is 0.368 e. The van der Waals surface area contributed by atoms with Gasteiger partial charge in [-0.1, -0.05) is 0 Å². The molecular formula is C21H33ClFN5O3. The maximum Gasteiger partial charge on any atom is 0.246 e. The number of halogens is 2. The van der Waals surface area contributed by atoms with Gasteiger partial charge in [0.2, 0.25) is 11.8 Å². The summed E-state index contributed by atoms with van der Waals surface area (Å²) in [6.45, 7) is 1.56. The maximum absolute atomic E-state index is 13.7. The van der Waals surface area contributed by atoms with Crippen LogP contribution in [0.4, 0.5) is 4.39 Å². The Morgan fingerprint density at radius 3 is 2.74 bits per heavy atom. The molecule has 0 radical (unpaired) electrons. The SMILES string of the molecule is O=C(COC1CCC(Cl)C(F)C1)NC12CC(C(=O)NCC3NNC4CCCCN43)(C1)C2. The maximum atomic E-state index is 13.7. The Hall–Kier alpha value is -1.00. The molecule has 0 spiro atoms. The van der Waals surface area contributed by atoms with Crippen LogP contribution in [0.25, 0.3) is 0 Å². The van der Waals surface area contributed by atoms with E-state index in [2.05, 4.69) is 26.4 Å². The molecule has 10 heteroatoms. The molecule has 5 unspecified atom stereocenters. The number of hydrogen-bond acceptors (Lipinski definition) is 6. The van der Waals surface area contributed by atoms with Gasteiger partial charge in [0.25, 0.3) is 0 Å². The van der Waals surface area contributed by atoms with E-state index < -0.39 is 11.5 Å². The minimum Gasteiger partial charge on any atom is -0.368 e. The smallest absolute Gasteiger partial charge is 0.246 e. The first kappa shape index (κ1) is 21.8. The normalized spacial score (nSPS) is 44.0. The van der Waals surface area contributed by atoms with E-state index in [9.17, 15) is 14.0 Å². The van der Waals surface area contributed by atoms with Gasteiger partial charge in [-0.05, 0) is 51.4 Å². The summed E-state index contributed by atoms with van der Waals surface area (Å²) in [5.41, 5.74) is 6.01. The van der Waals surface area contributed by atoms with Crippen LogP contribution >= 0.6 is 11.6 Å². The summed E-state index contributed by atoms with van der Waals surface area (Å²) in [4.78, 5) is 27.4. The van der Waals surface area contributed by atoms with Crippen LogP contribution in [-0.4, -0.2) is 71.9 Å². The molecule has 6 rings (SSSR count). The molecule has 174 valence electrons. The Morgan fingerprint density at radius 1 is 1.16 bits per heavy atom. The summed E-state index contributed by atoms with van der Waals surface area (Å²) in [5.74, 6) is -0.0940. The number of ether oxygens (including phenoxy) is 1. The Morgan fingerprint density at radius 2 is 1.97 bits per heavy atom. The molecule has 2 saturated heterocycles. The molecule has 5 atom stereocenters. The third kappa shape index (κ3) is 4.19. The highest BCUT2D eigenvalue weighted by Crippen LogP contribution is 2.67. The lowest BCUT2D eigenvalue weighted by atomic mass is 9.39. The van der Waals surface area contributed by atoms with Gasteiger partial charge in [0.1, 0.15) is 12.8 Å². The predicted molar refractivity (Wildman–Crippen MR) is 113 cm³/mol. The van der Waals surface area contributed by atoms with Crippen molar-refractivity contribution >= 4 is 23.4 Å². The van der Waals surface area contributed by atoms with Crippen LogP contribution in [0.15, 0.2) is 0 Å². The van der Waals surface area contributed by atoms with Gasteiger partial charge >= 0.3 is 0 Å². The minimum absolute atomic E-state index is 0.0668. The van der Waals surface area contributed by atoms with Gasteiger partial charge in [-0.25, -0.2) is 15.2 Å². The number of nitrogens with zero attached hydrogens (tertiary/aromatic N) is 1. The summed E-state index contributed by atoms with van der Waals surface area (Å²) in [6.07, 6.45) is 6.30. The number of fused-ring (bicyclic) bond motifs is 1. The lowest BCUT2D eigenvalue weighted by Crippen LogP contribution is -2.78. The Kier molecular flexibility index (Phi) is 5.92. The molecule has 2 amide bonds. The fourth-order valence-electron chi connectivity index (χ4n) is 6.18. The van der Waals surface area contributed by atoms with Crippen LogP contribution in [0.3, 0.4) is 0 Å². The Labute approximate surface area is 187 Å². The zero-order valence-electron chi connectivity index (χ0n) is 17.8. The molecule has 0 aromatic rings. The lowest BCUT2D eigenvalue weighted by molar-refractivity contribution is -0.185. The van der Waals surface area contributed by atoms with E-state index in [0.29, 0.717) is 44.8 Å². The van der Waals surface area contributed by atoms with Gasteiger partial charge < -0.3 is 15.4 Å². The monoisotopic (exact) mass is 457 g/mol. The Balaban J connectivity index is 1.01. The minimum atomic E-state index is -1.07. The number of carbonyl (C=O) groups excluding carboxylic acids is 2. The second-order valence-electron chi connectivity index (χ2n) is 10.2. The molecule has 4 N–H and O–H groups in total. The van der Waals surface area contributed by atoms with E-state index >= 15 is 0 Å². The summed E-state index contributed by atoms with van der Waals surface area (Å²) in [7, 11) is 0. The van der Waals surface area contributed by atoms with Gasteiger partial charge in [0.15, 0.2) is 0 Å². The van der Waals surface area contributed by atoms with Crippen molar-refractivity contribution in [3.63, 3.8) is 0 Å². The van der Waals surface area contributed by atoms with Crippen molar-refractivity contribution in [3.05, 3.63) is 0 Å².